The fraction of sp³-hybridized carbons (Fsp3) is 0. The predicted molar refractivity (Wildman–Crippen MR) is 113 cm³/mol. The molecule has 0 fully saturated rings. The molecule has 0 N–H and O–H groups in total. The van der Waals surface area contributed by atoms with Crippen LogP contribution in [0, 0.1) is 0 Å². The Balaban J connectivity index is 1.89. The second-order valence-electron chi connectivity index (χ2n) is 5.87. The first-order valence-electron chi connectivity index (χ1n) is 8.38. The van der Waals surface area contributed by atoms with Gasteiger partial charge in [-0.2, -0.15) is 4.99 Å². The molecule has 1 heterocycles. The van der Waals surface area contributed by atoms with E-state index in [0.29, 0.717) is 10.4 Å². The quantitative estimate of drug-likeness (QED) is 0.406. The number of carbonyl (C=O) groups excluding carboxylic acids is 1. The molecule has 3 aromatic carbocycles. The maximum atomic E-state index is 12.7. The normalized spacial score (nSPS) is 11.5. The van der Waals surface area contributed by atoms with Crippen LogP contribution >= 0.6 is 27.3 Å². The maximum absolute atomic E-state index is 12.7. The van der Waals surface area contributed by atoms with Gasteiger partial charge in [-0.25, -0.2) is 0 Å². The molecule has 1 amide bonds. The number of benzene rings is 3. The molecule has 132 valence electrons. The van der Waals surface area contributed by atoms with E-state index in [1.54, 1.807) is 12.1 Å². The van der Waals surface area contributed by atoms with Gasteiger partial charge in [-0.15, -0.1) is 11.3 Å². The number of hydrogen-bond donors (Lipinski definition) is 0. The van der Waals surface area contributed by atoms with Crippen molar-refractivity contribution in [2.24, 2.45) is 4.99 Å². The molecular formula is C22H15BrN2OS. The Hall–Kier alpha value is -2.76. The smallest absolute Gasteiger partial charge is 0.279 e. The zero-order valence-electron chi connectivity index (χ0n) is 14.2. The van der Waals surface area contributed by atoms with E-state index in [0.717, 1.165) is 21.4 Å². The summed E-state index contributed by atoms with van der Waals surface area (Å²) in [6, 6.07) is 27.4. The first kappa shape index (κ1) is 17.6. The van der Waals surface area contributed by atoms with Gasteiger partial charge in [-0.3, -0.25) is 9.36 Å². The van der Waals surface area contributed by atoms with Crippen LogP contribution in [0.15, 0.2) is 99.8 Å². The number of hydrogen-bond acceptors (Lipinski definition) is 2. The van der Waals surface area contributed by atoms with Crippen molar-refractivity contribution < 1.29 is 4.79 Å². The minimum Gasteiger partial charge on any atom is -0.285 e. The largest absolute Gasteiger partial charge is 0.285 e. The molecule has 5 heteroatoms. The highest BCUT2D eigenvalue weighted by Crippen LogP contribution is 2.23. The third-order valence-corrected chi connectivity index (χ3v) is 5.38. The van der Waals surface area contributed by atoms with Crippen molar-refractivity contribution in [3.8, 4) is 16.9 Å². The topological polar surface area (TPSA) is 34.4 Å². The van der Waals surface area contributed by atoms with Gasteiger partial charge in [0.05, 0.1) is 5.69 Å². The van der Waals surface area contributed by atoms with Gasteiger partial charge in [0.1, 0.15) is 0 Å². The molecule has 0 bridgehead atoms. The van der Waals surface area contributed by atoms with E-state index < -0.39 is 0 Å². The lowest BCUT2D eigenvalue weighted by molar-refractivity contribution is 0.0998. The molecule has 0 saturated heterocycles. The van der Waals surface area contributed by atoms with Crippen molar-refractivity contribution in [1.29, 1.82) is 0 Å². The Morgan fingerprint density at radius 3 is 2.30 bits per heavy atom. The summed E-state index contributed by atoms with van der Waals surface area (Å²) in [5, 5.41) is 2.04. The Morgan fingerprint density at radius 2 is 1.59 bits per heavy atom. The Bertz CT molecular complexity index is 1150. The van der Waals surface area contributed by atoms with Gasteiger partial charge in [0.15, 0.2) is 4.80 Å². The summed E-state index contributed by atoms with van der Waals surface area (Å²) < 4.78 is 2.88. The summed E-state index contributed by atoms with van der Waals surface area (Å²) in [6.07, 6.45) is 0. The fourth-order valence-electron chi connectivity index (χ4n) is 2.80. The molecule has 0 spiro atoms. The molecule has 4 aromatic rings. The van der Waals surface area contributed by atoms with Crippen LogP contribution in [0.2, 0.25) is 0 Å². The van der Waals surface area contributed by atoms with Crippen molar-refractivity contribution in [3.63, 3.8) is 0 Å². The number of aromatic nitrogens is 1. The summed E-state index contributed by atoms with van der Waals surface area (Å²) in [6.45, 7) is 0. The van der Waals surface area contributed by atoms with E-state index in [1.807, 2.05) is 70.6 Å². The van der Waals surface area contributed by atoms with E-state index in [2.05, 4.69) is 33.1 Å². The average molecular weight is 435 g/mol. The third kappa shape index (κ3) is 3.84. The lowest BCUT2D eigenvalue weighted by atomic mass is 10.1. The minimum absolute atomic E-state index is 0.262. The number of thiazole rings is 1. The zero-order chi connectivity index (χ0) is 18.6. The molecule has 0 aliphatic carbocycles. The van der Waals surface area contributed by atoms with Gasteiger partial charge in [-0.05, 0) is 35.9 Å². The highest BCUT2D eigenvalue weighted by Gasteiger charge is 2.12. The monoisotopic (exact) mass is 434 g/mol. The molecular weight excluding hydrogens is 420 g/mol. The van der Waals surface area contributed by atoms with Crippen molar-refractivity contribution in [3.05, 3.63) is 105 Å². The summed E-state index contributed by atoms with van der Waals surface area (Å²) in [7, 11) is 0. The number of halogens is 1. The molecule has 1 aromatic heterocycles. The Labute approximate surface area is 169 Å². The Morgan fingerprint density at radius 1 is 0.889 bits per heavy atom. The van der Waals surface area contributed by atoms with Crippen molar-refractivity contribution in [1.82, 2.24) is 4.57 Å². The van der Waals surface area contributed by atoms with Crippen LogP contribution in [0.1, 0.15) is 10.4 Å². The molecule has 0 atom stereocenters. The minimum atomic E-state index is -0.262. The highest BCUT2D eigenvalue weighted by atomic mass is 79.9. The SMILES string of the molecule is O=C(N=c1scc(-c2ccccc2)n1-c1ccccc1)c1cccc(Br)c1. The van der Waals surface area contributed by atoms with Crippen molar-refractivity contribution in [2.75, 3.05) is 0 Å². The highest BCUT2D eigenvalue weighted by molar-refractivity contribution is 9.10. The first-order chi connectivity index (χ1) is 13.2. The van der Waals surface area contributed by atoms with Gasteiger partial charge in [0, 0.05) is 21.1 Å². The standard InChI is InChI=1S/C22H15BrN2OS/c23-18-11-7-10-17(14-18)21(26)24-22-25(19-12-5-2-6-13-19)20(15-27-22)16-8-3-1-4-9-16/h1-15H. The van der Waals surface area contributed by atoms with Crippen molar-refractivity contribution >= 4 is 33.2 Å². The average Bonchev–Trinajstić information content (AvgIpc) is 3.13. The number of nitrogens with zero attached hydrogens (tertiary/aromatic N) is 2. The number of amides is 1. The number of para-hydroxylation sites is 1. The predicted octanol–water partition coefficient (Wildman–Crippen LogP) is 5.71. The van der Waals surface area contributed by atoms with Gasteiger partial charge in [0.2, 0.25) is 0 Å². The maximum Gasteiger partial charge on any atom is 0.279 e. The van der Waals surface area contributed by atoms with Crippen LogP contribution in [-0.2, 0) is 0 Å². The number of carbonyl (C=O) groups is 1. The van der Waals surface area contributed by atoms with E-state index in [4.69, 9.17) is 0 Å². The van der Waals surface area contributed by atoms with Crippen LogP contribution in [0.3, 0.4) is 0 Å². The van der Waals surface area contributed by atoms with E-state index >= 15 is 0 Å². The molecule has 0 radical (unpaired) electrons. The lowest BCUT2D eigenvalue weighted by Crippen LogP contribution is -2.16. The van der Waals surface area contributed by atoms with Gasteiger partial charge in [-0.1, -0.05) is 70.5 Å². The molecule has 0 aliphatic heterocycles. The Kier molecular flexibility index (Phi) is 5.14. The second-order valence-corrected chi connectivity index (χ2v) is 7.62. The summed E-state index contributed by atoms with van der Waals surface area (Å²) >= 11 is 4.86. The van der Waals surface area contributed by atoms with Crippen LogP contribution in [0.5, 0.6) is 0 Å². The van der Waals surface area contributed by atoms with Crippen LogP contribution in [0.4, 0.5) is 0 Å². The first-order valence-corrected chi connectivity index (χ1v) is 10.1. The number of rotatable bonds is 3. The summed E-state index contributed by atoms with van der Waals surface area (Å²) in [5.74, 6) is -0.262. The molecule has 3 nitrogen and oxygen atoms in total. The zero-order valence-corrected chi connectivity index (χ0v) is 16.7. The second kappa shape index (κ2) is 7.86. The lowest BCUT2D eigenvalue weighted by Gasteiger charge is -2.09. The molecule has 0 aliphatic rings. The van der Waals surface area contributed by atoms with Gasteiger partial charge >= 0.3 is 0 Å². The van der Waals surface area contributed by atoms with Crippen LogP contribution < -0.4 is 4.80 Å². The molecule has 27 heavy (non-hydrogen) atoms. The third-order valence-electron chi connectivity index (χ3n) is 4.06. The molecule has 0 unspecified atom stereocenters. The molecule has 4 rings (SSSR count). The summed E-state index contributed by atoms with van der Waals surface area (Å²) in [4.78, 5) is 17.8. The fourth-order valence-corrected chi connectivity index (χ4v) is 4.10. The summed E-state index contributed by atoms with van der Waals surface area (Å²) in [5.41, 5.74) is 3.61. The van der Waals surface area contributed by atoms with Crippen LogP contribution in [-0.4, -0.2) is 10.5 Å². The van der Waals surface area contributed by atoms with Gasteiger partial charge < -0.3 is 0 Å². The van der Waals surface area contributed by atoms with E-state index in [1.165, 1.54) is 11.3 Å². The van der Waals surface area contributed by atoms with Gasteiger partial charge in [0.25, 0.3) is 5.91 Å². The van der Waals surface area contributed by atoms with E-state index in [9.17, 15) is 4.79 Å². The van der Waals surface area contributed by atoms with E-state index in [-0.39, 0.29) is 5.91 Å². The van der Waals surface area contributed by atoms with Crippen molar-refractivity contribution in [2.45, 2.75) is 0 Å². The molecule has 0 saturated carbocycles. The van der Waals surface area contributed by atoms with Crippen LogP contribution in [0.25, 0.3) is 16.9 Å².